The van der Waals surface area contributed by atoms with Crippen molar-refractivity contribution in [3.05, 3.63) is 88.9 Å². The molecule has 4 aromatic rings. The van der Waals surface area contributed by atoms with Crippen LogP contribution in [0.2, 0.25) is 5.02 Å². The number of benzene rings is 3. The lowest BCUT2D eigenvalue weighted by atomic mass is 9.92. The van der Waals surface area contributed by atoms with Crippen LogP contribution in [0.4, 0.5) is 13.2 Å². The van der Waals surface area contributed by atoms with Gasteiger partial charge in [0, 0.05) is 40.4 Å². The molecule has 0 saturated heterocycles. The lowest BCUT2D eigenvalue weighted by molar-refractivity contribution is -0.137. The van der Waals surface area contributed by atoms with Crippen LogP contribution in [-0.4, -0.2) is 48.2 Å². The van der Waals surface area contributed by atoms with Crippen molar-refractivity contribution >= 4 is 29.9 Å². The van der Waals surface area contributed by atoms with Gasteiger partial charge in [-0.3, -0.25) is 9.89 Å². The smallest absolute Gasteiger partial charge is 0.351 e. The summed E-state index contributed by atoms with van der Waals surface area (Å²) in [5.74, 6) is -0.225. The summed E-state index contributed by atoms with van der Waals surface area (Å²) in [6.07, 6.45) is -4.56. The molecule has 3 aromatic carbocycles. The number of halogens is 5. The lowest BCUT2D eigenvalue weighted by Gasteiger charge is -2.15. The second-order valence-corrected chi connectivity index (χ2v) is 8.95. The molecule has 0 unspecified atom stereocenters. The molecule has 2 N–H and O–H groups in total. The van der Waals surface area contributed by atoms with Gasteiger partial charge in [-0.1, -0.05) is 54.1 Å². The summed E-state index contributed by atoms with van der Waals surface area (Å²) in [4.78, 5) is 14.4. The zero-order valence-corrected chi connectivity index (χ0v) is 21.6. The van der Waals surface area contributed by atoms with Gasteiger partial charge in [0.05, 0.1) is 11.3 Å². The van der Waals surface area contributed by atoms with Gasteiger partial charge in [-0.2, -0.15) is 18.3 Å². The standard InChI is InChI=1S/C27H24ClF3N4O.ClH/c1-35(2)16-15-32-26(36)19-9-7-17(8-10-19)24-23(21-5-3-4-6-22(21)27(29,30)31)25(34-33-24)18-11-13-20(28)14-12-18;/h3-14H,15-16H2,1-2H3,(H,32,36)(H,33,34);1H. The Bertz CT molecular complexity index is 1350. The zero-order chi connectivity index (χ0) is 25.9. The molecule has 1 aromatic heterocycles. The van der Waals surface area contributed by atoms with E-state index in [1.807, 2.05) is 19.0 Å². The summed E-state index contributed by atoms with van der Waals surface area (Å²) >= 11 is 6.02. The summed E-state index contributed by atoms with van der Waals surface area (Å²) in [5.41, 5.74) is 2.00. The van der Waals surface area contributed by atoms with Gasteiger partial charge in [-0.05, 0) is 50.0 Å². The summed E-state index contributed by atoms with van der Waals surface area (Å²) < 4.78 is 41.9. The van der Waals surface area contributed by atoms with Crippen LogP contribution in [0.5, 0.6) is 0 Å². The summed E-state index contributed by atoms with van der Waals surface area (Å²) in [5, 5.41) is 10.7. The first-order valence-electron chi connectivity index (χ1n) is 11.2. The first-order chi connectivity index (χ1) is 17.1. The molecule has 0 aliphatic heterocycles. The summed E-state index contributed by atoms with van der Waals surface area (Å²) in [6, 6.07) is 18.8. The number of carbonyl (C=O) groups is 1. The third-order valence-electron chi connectivity index (χ3n) is 5.67. The average molecular weight is 549 g/mol. The maximum Gasteiger partial charge on any atom is 0.417 e. The van der Waals surface area contributed by atoms with E-state index in [-0.39, 0.29) is 23.9 Å². The Labute approximate surface area is 224 Å². The number of likely N-dealkylation sites (N-methyl/N-ethyl adjacent to an activating group) is 1. The van der Waals surface area contributed by atoms with Crippen LogP contribution < -0.4 is 5.32 Å². The van der Waals surface area contributed by atoms with Crippen molar-refractivity contribution in [2.24, 2.45) is 0 Å². The molecule has 5 nitrogen and oxygen atoms in total. The lowest BCUT2D eigenvalue weighted by Crippen LogP contribution is -2.31. The van der Waals surface area contributed by atoms with Crippen LogP contribution in [0.1, 0.15) is 15.9 Å². The highest BCUT2D eigenvalue weighted by atomic mass is 35.5. The van der Waals surface area contributed by atoms with Gasteiger partial charge in [0.2, 0.25) is 0 Å². The number of hydrogen-bond acceptors (Lipinski definition) is 3. The van der Waals surface area contributed by atoms with Crippen LogP contribution in [0, 0.1) is 0 Å². The Morgan fingerprint density at radius 3 is 2.22 bits per heavy atom. The largest absolute Gasteiger partial charge is 0.417 e. The van der Waals surface area contributed by atoms with Crippen molar-refractivity contribution < 1.29 is 18.0 Å². The molecule has 0 atom stereocenters. The first kappa shape index (κ1) is 28.2. The van der Waals surface area contributed by atoms with E-state index in [0.29, 0.717) is 51.8 Å². The molecule has 0 fully saturated rings. The van der Waals surface area contributed by atoms with Crippen molar-refractivity contribution in [3.8, 4) is 33.6 Å². The third kappa shape index (κ3) is 6.52. The number of hydrogen-bond donors (Lipinski definition) is 2. The highest BCUT2D eigenvalue weighted by molar-refractivity contribution is 6.30. The van der Waals surface area contributed by atoms with Crippen molar-refractivity contribution in [1.29, 1.82) is 0 Å². The van der Waals surface area contributed by atoms with E-state index in [0.717, 1.165) is 6.07 Å². The Hall–Kier alpha value is -3.33. The summed E-state index contributed by atoms with van der Waals surface area (Å²) in [6.45, 7) is 1.20. The Morgan fingerprint density at radius 2 is 1.59 bits per heavy atom. The van der Waals surface area contributed by atoms with Crippen LogP contribution in [0.15, 0.2) is 72.8 Å². The molecule has 0 spiro atoms. The molecule has 1 amide bonds. The second-order valence-electron chi connectivity index (χ2n) is 8.51. The van der Waals surface area contributed by atoms with Crippen molar-refractivity contribution in [2.75, 3.05) is 27.2 Å². The normalized spacial score (nSPS) is 11.3. The van der Waals surface area contributed by atoms with Gasteiger partial charge >= 0.3 is 6.18 Å². The third-order valence-corrected chi connectivity index (χ3v) is 5.92. The average Bonchev–Trinajstić information content (AvgIpc) is 3.29. The maximum atomic E-state index is 14.0. The molecule has 0 saturated carbocycles. The highest BCUT2D eigenvalue weighted by Gasteiger charge is 2.35. The Morgan fingerprint density at radius 1 is 0.973 bits per heavy atom. The Kier molecular flexibility index (Phi) is 9.02. The van der Waals surface area contributed by atoms with Crippen molar-refractivity contribution in [2.45, 2.75) is 6.18 Å². The minimum absolute atomic E-state index is 0. The van der Waals surface area contributed by atoms with Crippen LogP contribution in [0.25, 0.3) is 33.6 Å². The van der Waals surface area contributed by atoms with Gasteiger partial charge in [0.25, 0.3) is 5.91 Å². The second kappa shape index (κ2) is 11.8. The molecule has 194 valence electrons. The molecule has 37 heavy (non-hydrogen) atoms. The number of alkyl halides is 3. The van der Waals surface area contributed by atoms with Gasteiger partial charge in [-0.15, -0.1) is 12.4 Å². The molecular weight excluding hydrogens is 524 g/mol. The summed E-state index contributed by atoms with van der Waals surface area (Å²) in [7, 11) is 3.83. The van der Waals surface area contributed by atoms with E-state index < -0.39 is 11.7 Å². The van der Waals surface area contributed by atoms with Crippen molar-refractivity contribution in [1.82, 2.24) is 20.4 Å². The van der Waals surface area contributed by atoms with E-state index in [4.69, 9.17) is 11.6 Å². The molecule has 4 rings (SSSR count). The number of rotatable bonds is 7. The molecule has 0 aliphatic rings. The maximum absolute atomic E-state index is 14.0. The van der Waals surface area contributed by atoms with E-state index in [2.05, 4.69) is 15.5 Å². The SMILES string of the molecule is CN(C)CCNC(=O)c1ccc(-c2[nH]nc(-c3ccc(Cl)cc3)c2-c2ccccc2C(F)(F)F)cc1.Cl. The number of nitrogens with one attached hydrogen (secondary N) is 2. The molecule has 0 bridgehead atoms. The predicted molar refractivity (Wildman–Crippen MR) is 143 cm³/mol. The van der Waals surface area contributed by atoms with Gasteiger partial charge < -0.3 is 10.2 Å². The van der Waals surface area contributed by atoms with E-state index >= 15 is 0 Å². The van der Waals surface area contributed by atoms with E-state index in [1.54, 1.807) is 54.6 Å². The fourth-order valence-electron chi connectivity index (χ4n) is 3.86. The molecule has 10 heteroatoms. The molecule has 1 heterocycles. The fourth-order valence-corrected chi connectivity index (χ4v) is 3.99. The predicted octanol–water partition coefficient (Wildman–Crippen LogP) is 6.80. The van der Waals surface area contributed by atoms with E-state index in [1.165, 1.54) is 12.1 Å². The minimum atomic E-state index is -4.56. The molecule has 0 radical (unpaired) electrons. The molecular formula is C27H25Cl2F3N4O. The topological polar surface area (TPSA) is 61.0 Å². The highest BCUT2D eigenvalue weighted by Crippen LogP contribution is 2.44. The van der Waals surface area contributed by atoms with Crippen LogP contribution >= 0.6 is 24.0 Å². The quantitative estimate of drug-likeness (QED) is 0.267. The van der Waals surface area contributed by atoms with E-state index in [9.17, 15) is 18.0 Å². The Balaban J connectivity index is 0.00000380. The number of H-pyrrole nitrogens is 1. The number of carbonyl (C=O) groups excluding carboxylic acids is 1. The van der Waals surface area contributed by atoms with Gasteiger partial charge in [0.1, 0.15) is 5.69 Å². The number of aromatic amines is 1. The zero-order valence-electron chi connectivity index (χ0n) is 20.1. The monoisotopic (exact) mass is 548 g/mol. The minimum Gasteiger partial charge on any atom is -0.351 e. The number of nitrogens with zero attached hydrogens (tertiary/aromatic N) is 2. The van der Waals surface area contributed by atoms with Gasteiger partial charge in [0.15, 0.2) is 0 Å². The first-order valence-corrected chi connectivity index (χ1v) is 11.6. The molecule has 0 aliphatic carbocycles. The fraction of sp³-hybridized carbons (Fsp3) is 0.185. The van der Waals surface area contributed by atoms with Crippen LogP contribution in [0.3, 0.4) is 0 Å². The van der Waals surface area contributed by atoms with Crippen molar-refractivity contribution in [3.63, 3.8) is 0 Å². The number of aromatic nitrogens is 2. The number of amides is 1. The van der Waals surface area contributed by atoms with Crippen LogP contribution in [-0.2, 0) is 6.18 Å². The van der Waals surface area contributed by atoms with Gasteiger partial charge in [-0.25, -0.2) is 0 Å².